The fourth-order valence-electron chi connectivity index (χ4n) is 2.15. The number of rotatable bonds is 3. The molecule has 2 heterocycles. The van der Waals surface area contributed by atoms with Gasteiger partial charge in [-0.15, -0.1) is 15.3 Å². The lowest BCUT2D eigenvalue weighted by atomic mass is 10.1. The molecular weight excluding hydrogens is 327 g/mol. The molecule has 0 aliphatic heterocycles. The van der Waals surface area contributed by atoms with E-state index < -0.39 is 17.8 Å². The smallest absolute Gasteiger partial charge is 0.453 e. The summed E-state index contributed by atoms with van der Waals surface area (Å²) in [5, 5.41) is 10.6. The van der Waals surface area contributed by atoms with E-state index in [1.807, 2.05) is 0 Å². The first-order valence-corrected chi connectivity index (χ1v) is 6.68. The van der Waals surface area contributed by atoms with E-state index in [4.69, 9.17) is 4.74 Å². The molecule has 0 saturated carbocycles. The number of hydrogen-bond donors (Lipinski definition) is 0. The number of carbonyl (C=O) groups excluding carboxylic acids is 1. The van der Waals surface area contributed by atoms with Crippen LogP contribution in [0, 0.1) is 6.92 Å². The summed E-state index contributed by atoms with van der Waals surface area (Å²) in [5.41, 5.74) is 0.178. The monoisotopic (exact) mass is 337 g/mol. The van der Waals surface area contributed by atoms with Gasteiger partial charge in [-0.05, 0) is 19.1 Å². The van der Waals surface area contributed by atoms with Gasteiger partial charge in [0.1, 0.15) is 5.75 Å². The van der Waals surface area contributed by atoms with Gasteiger partial charge in [0.25, 0.3) is 11.6 Å². The van der Waals surface area contributed by atoms with Gasteiger partial charge >= 0.3 is 6.18 Å². The highest BCUT2D eigenvalue weighted by Crippen LogP contribution is 2.27. The maximum absolute atomic E-state index is 12.7. The summed E-state index contributed by atoms with van der Waals surface area (Å²) in [6, 6.07) is 6.43. The Morgan fingerprint density at radius 1 is 1.21 bits per heavy atom. The van der Waals surface area contributed by atoms with Crippen molar-refractivity contribution in [2.45, 2.75) is 13.1 Å². The molecule has 24 heavy (non-hydrogen) atoms. The van der Waals surface area contributed by atoms with Crippen molar-refractivity contribution >= 4 is 11.6 Å². The van der Waals surface area contributed by atoms with E-state index in [0.29, 0.717) is 5.75 Å². The molecule has 3 rings (SSSR count). The Morgan fingerprint density at radius 3 is 2.58 bits per heavy atom. The molecule has 0 radical (unpaired) electrons. The number of para-hydroxylation sites is 1. The quantitative estimate of drug-likeness (QED) is 0.681. The average Bonchev–Trinajstić information content (AvgIpc) is 3.00. The third-order valence-electron chi connectivity index (χ3n) is 3.31. The lowest BCUT2D eigenvalue weighted by molar-refractivity contribution is -0.144. The largest absolute Gasteiger partial charge is 0.496 e. The van der Waals surface area contributed by atoms with Crippen molar-refractivity contribution in [3.63, 3.8) is 0 Å². The Kier molecular flexibility index (Phi) is 3.66. The van der Waals surface area contributed by atoms with Crippen LogP contribution in [0.2, 0.25) is 0 Å². The van der Waals surface area contributed by atoms with E-state index in [1.54, 1.807) is 18.2 Å². The van der Waals surface area contributed by atoms with Gasteiger partial charge in [0.2, 0.25) is 5.78 Å². The van der Waals surface area contributed by atoms with Crippen LogP contribution in [-0.4, -0.2) is 37.7 Å². The molecule has 1 aromatic carbocycles. The predicted molar refractivity (Wildman–Crippen MR) is 74.7 cm³/mol. The van der Waals surface area contributed by atoms with Gasteiger partial charge in [0.15, 0.2) is 5.69 Å². The normalized spacial score (nSPS) is 11.7. The zero-order valence-electron chi connectivity index (χ0n) is 12.5. The topological polar surface area (TPSA) is 82.3 Å². The van der Waals surface area contributed by atoms with E-state index in [1.165, 1.54) is 20.1 Å². The zero-order chi connectivity index (χ0) is 17.5. The fourth-order valence-corrected chi connectivity index (χ4v) is 2.15. The Hall–Kier alpha value is -3.04. The van der Waals surface area contributed by atoms with Crippen molar-refractivity contribution in [1.29, 1.82) is 0 Å². The standard InChI is InChI=1S/C14H10F3N5O2/c1-7-10(11(23)8-5-3-4-6-9(8)24-2)19-20-13-18-12(14(15,16)17)21-22(7)13/h3-6H,1-2H3. The molecule has 0 fully saturated rings. The summed E-state index contributed by atoms with van der Waals surface area (Å²) in [6.45, 7) is 1.42. The highest BCUT2D eigenvalue weighted by atomic mass is 19.4. The number of aromatic nitrogens is 5. The molecule has 0 aliphatic rings. The van der Waals surface area contributed by atoms with Crippen LogP contribution >= 0.6 is 0 Å². The molecule has 0 atom stereocenters. The number of alkyl halides is 3. The Labute approximate surface area is 133 Å². The van der Waals surface area contributed by atoms with Crippen LogP contribution in [0.1, 0.15) is 27.6 Å². The number of methoxy groups -OCH3 is 1. The van der Waals surface area contributed by atoms with Crippen LogP contribution in [-0.2, 0) is 6.18 Å². The van der Waals surface area contributed by atoms with Crippen molar-refractivity contribution < 1.29 is 22.7 Å². The second-order valence-electron chi connectivity index (χ2n) is 4.81. The first kappa shape index (κ1) is 15.8. The summed E-state index contributed by atoms with van der Waals surface area (Å²) >= 11 is 0. The zero-order valence-corrected chi connectivity index (χ0v) is 12.5. The van der Waals surface area contributed by atoms with Gasteiger partial charge in [-0.2, -0.15) is 22.7 Å². The molecule has 3 aromatic rings. The lowest BCUT2D eigenvalue weighted by Crippen LogP contribution is -2.13. The van der Waals surface area contributed by atoms with Crippen LogP contribution in [0.4, 0.5) is 13.2 Å². The molecule has 0 N–H and O–H groups in total. The SMILES string of the molecule is COc1ccccc1C(=O)c1nnc2nc(C(F)(F)F)nn2c1C. The molecule has 2 aromatic heterocycles. The van der Waals surface area contributed by atoms with E-state index in [2.05, 4.69) is 20.3 Å². The second kappa shape index (κ2) is 5.55. The fraction of sp³-hybridized carbons (Fsp3) is 0.214. The third kappa shape index (κ3) is 2.55. The molecule has 0 spiro atoms. The summed E-state index contributed by atoms with van der Waals surface area (Å²) in [5.74, 6) is -1.90. The summed E-state index contributed by atoms with van der Waals surface area (Å²) in [6.07, 6.45) is -4.72. The van der Waals surface area contributed by atoms with Crippen molar-refractivity contribution in [3.05, 3.63) is 47.0 Å². The number of benzene rings is 1. The molecule has 0 amide bonds. The van der Waals surface area contributed by atoms with Gasteiger partial charge in [0, 0.05) is 0 Å². The molecule has 0 unspecified atom stereocenters. The lowest BCUT2D eigenvalue weighted by Gasteiger charge is -2.08. The minimum atomic E-state index is -4.72. The van der Waals surface area contributed by atoms with Gasteiger partial charge in [-0.3, -0.25) is 4.79 Å². The Balaban J connectivity index is 2.13. The first-order valence-electron chi connectivity index (χ1n) is 6.68. The van der Waals surface area contributed by atoms with E-state index >= 15 is 0 Å². The van der Waals surface area contributed by atoms with Gasteiger partial charge in [-0.25, -0.2) is 0 Å². The summed E-state index contributed by atoms with van der Waals surface area (Å²) in [4.78, 5) is 15.9. The molecule has 0 saturated heterocycles. The van der Waals surface area contributed by atoms with Gasteiger partial charge < -0.3 is 4.74 Å². The van der Waals surface area contributed by atoms with Crippen molar-refractivity contribution in [2.75, 3.05) is 7.11 Å². The molecule has 0 aliphatic carbocycles. The molecule has 7 nitrogen and oxygen atoms in total. The van der Waals surface area contributed by atoms with Crippen LogP contribution in [0.3, 0.4) is 0 Å². The Morgan fingerprint density at radius 2 is 1.92 bits per heavy atom. The van der Waals surface area contributed by atoms with E-state index in [0.717, 1.165) is 4.52 Å². The second-order valence-corrected chi connectivity index (χ2v) is 4.81. The average molecular weight is 337 g/mol. The highest BCUT2D eigenvalue weighted by molar-refractivity contribution is 6.10. The minimum Gasteiger partial charge on any atom is -0.496 e. The summed E-state index contributed by atoms with van der Waals surface area (Å²) in [7, 11) is 1.40. The van der Waals surface area contributed by atoms with E-state index in [9.17, 15) is 18.0 Å². The van der Waals surface area contributed by atoms with Crippen LogP contribution < -0.4 is 4.74 Å². The third-order valence-corrected chi connectivity index (χ3v) is 3.31. The number of ether oxygens (including phenoxy) is 1. The minimum absolute atomic E-state index is 0.0962. The number of fused-ring (bicyclic) bond motifs is 1. The highest BCUT2D eigenvalue weighted by Gasteiger charge is 2.37. The molecule has 0 bridgehead atoms. The Bertz CT molecular complexity index is 936. The first-order chi connectivity index (χ1) is 11.3. The van der Waals surface area contributed by atoms with Crippen LogP contribution in [0.15, 0.2) is 24.3 Å². The number of carbonyl (C=O) groups is 1. The summed E-state index contributed by atoms with van der Waals surface area (Å²) < 4.78 is 44.1. The van der Waals surface area contributed by atoms with Crippen molar-refractivity contribution in [1.82, 2.24) is 24.8 Å². The number of aryl methyl sites for hydroxylation is 1. The van der Waals surface area contributed by atoms with E-state index in [-0.39, 0.29) is 22.7 Å². The van der Waals surface area contributed by atoms with Crippen molar-refractivity contribution in [3.8, 4) is 5.75 Å². The number of halogens is 3. The van der Waals surface area contributed by atoms with Gasteiger partial charge in [-0.1, -0.05) is 12.1 Å². The maximum Gasteiger partial charge on any atom is 0.453 e. The number of hydrogen-bond acceptors (Lipinski definition) is 6. The van der Waals surface area contributed by atoms with Crippen molar-refractivity contribution in [2.24, 2.45) is 0 Å². The number of ketones is 1. The number of nitrogens with zero attached hydrogens (tertiary/aromatic N) is 5. The molecule has 10 heteroatoms. The van der Waals surface area contributed by atoms with Crippen LogP contribution in [0.5, 0.6) is 5.75 Å². The molecular formula is C14H10F3N5O2. The van der Waals surface area contributed by atoms with Gasteiger partial charge in [0.05, 0.1) is 18.4 Å². The van der Waals surface area contributed by atoms with Crippen LogP contribution in [0.25, 0.3) is 5.78 Å². The molecule has 124 valence electrons. The maximum atomic E-state index is 12.7. The predicted octanol–water partition coefficient (Wildman–Crippen LogP) is 2.09.